The molecule has 4 nitrogen and oxygen atoms in total. The summed E-state index contributed by atoms with van der Waals surface area (Å²) >= 11 is 1.27. The number of nitro groups is 1. The standard InChI is InChI=1S/C9H12N2O2S/c10-6-9(3-4-9)5-7-1-2-8(14-7)11(12)13/h1-2H,3-6,10H2. The third-order valence-electron chi connectivity index (χ3n) is 2.77. The number of nitrogens with two attached hydrogens (primary N) is 1. The SMILES string of the molecule is NCC1(Cc2ccc([N+](=O)[O-])s2)CC1. The largest absolute Gasteiger partial charge is 0.330 e. The van der Waals surface area contributed by atoms with Crippen LogP contribution in [-0.2, 0) is 6.42 Å². The van der Waals surface area contributed by atoms with Gasteiger partial charge in [-0.3, -0.25) is 10.1 Å². The zero-order chi connectivity index (χ0) is 10.2. The van der Waals surface area contributed by atoms with Crippen molar-refractivity contribution in [2.45, 2.75) is 19.3 Å². The Balaban J connectivity index is 2.07. The van der Waals surface area contributed by atoms with Crippen LogP contribution < -0.4 is 5.73 Å². The second-order valence-corrected chi connectivity index (χ2v) is 5.02. The lowest BCUT2D eigenvalue weighted by atomic mass is 10.0. The van der Waals surface area contributed by atoms with Crippen LogP contribution in [0.5, 0.6) is 0 Å². The molecule has 0 spiro atoms. The lowest BCUT2D eigenvalue weighted by Gasteiger charge is -2.08. The maximum Gasteiger partial charge on any atom is 0.324 e. The summed E-state index contributed by atoms with van der Waals surface area (Å²) in [6.45, 7) is 0.693. The number of hydrogen-bond acceptors (Lipinski definition) is 4. The van der Waals surface area contributed by atoms with Crippen LogP contribution in [0.4, 0.5) is 5.00 Å². The lowest BCUT2D eigenvalue weighted by Crippen LogP contribution is -2.17. The summed E-state index contributed by atoms with van der Waals surface area (Å²) in [4.78, 5) is 11.2. The van der Waals surface area contributed by atoms with Crippen molar-refractivity contribution in [2.75, 3.05) is 6.54 Å². The van der Waals surface area contributed by atoms with E-state index in [0.717, 1.165) is 24.1 Å². The molecule has 2 N–H and O–H groups in total. The molecule has 1 fully saturated rings. The van der Waals surface area contributed by atoms with Crippen molar-refractivity contribution < 1.29 is 4.92 Å². The molecule has 14 heavy (non-hydrogen) atoms. The van der Waals surface area contributed by atoms with Gasteiger partial charge in [0.2, 0.25) is 0 Å². The van der Waals surface area contributed by atoms with Gasteiger partial charge < -0.3 is 5.73 Å². The minimum Gasteiger partial charge on any atom is -0.330 e. The Kier molecular flexibility index (Phi) is 2.28. The maximum absolute atomic E-state index is 10.5. The van der Waals surface area contributed by atoms with E-state index in [9.17, 15) is 10.1 Å². The molecule has 0 radical (unpaired) electrons. The van der Waals surface area contributed by atoms with E-state index in [4.69, 9.17) is 5.73 Å². The van der Waals surface area contributed by atoms with Gasteiger partial charge in [-0.1, -0.05) is 11.3 Å². The lowest BCUT2D eigenvalue weighted by molar-refractivity contribution is -0.380. The zero-order valence-corrected chi connectivity index (χ0v) is 8.55. The van der Waals surface area contributed by atoms with E-state index >= 15 is 0 Å². The third-order valence-corrected chi connectivity index (χ3v) is 3.80. The monoisotopic (exact) mass is 212 g/mol. The van der Waals surface area contributed by atoms with Gasteiger partial charge in [-0.15, -0.1) is 0 Å². The molecule has 0 atom stereocenters. The van der Waals surface area contributed by atoms with Gasteiger partial charge in [0.05, 0.1) is 4.92 Å². The Morgan fingerprint density at radius 2 is 2.29 bits per heavy atom. The number of rotatable bonds is 4. The summed E-state index contributed by atoms with van der Waals surface area (Å²) in [7, 11) is 0. The molecule has 1 aliphatic carbocycles. The van der Waals surface area contributed by atoms with Gasteiger partial charge in [-0.2, -0.15) is 0 Å². The maximum atomic E-state index is 10.5. The van der Waals surface area contributed by atoms with Crippen molar-refractivity contribution in [1.29, 1.82) is 0 Å². The number of thiophene rings is 1. The highest BCUT2D eigenvalue weighted by molar-refractivity contribution is 7.15. The van der Waals surface area contributed by atoms with Crippen LogP contribution >= 0.6 is 11.3 Å². The second-order valence-electron chi connectivity index (χ2n) is 3.88. The summed E-state index contributed by atoms with van der Waals surface area (Å²) in [5.74, 6) is 0. The molecule has 0 aliphatic heterocycles. The molecule has 1 aromatic rings. The minimum atomic E-state index is -0.337. The van der Waals surface area contributed by atoms with Crippen LogP contribution in [0.2, 0.25) is 0 Å². The third kappa shape index (κ3) is 1.78. The first-order valence-corrected chi connectivity index (χ1v) is 5.40. The van der Waals surface area contributed by atoms with Crippen molar-refractivity contribution in [3.8, 4) is 0 Å². The Bertz CT molecular complexity index is 357. The number of nitrogens with zero attached hydrogens (tertiary/aromatic N) is 1. The topological polar surface area (TPSA) is 69.2 Å². The fourth-order valence-electron chi connectivity index (χ4n) is 1.56. The normalized spacial score (nSPS) is 18.1. The Morgan fingerprint density at radius 3 is 2.71 bits per heavy atom. The Morgan fingerprint density at radius 1 is 1.57 bits per heavy atom. The molecule has 1 saturated carbocycles. The molecular weight excluding hydrogens is 200 g/mol. The van der Waals surface area contributed by atoms with Gasteiger partial charge in [-0.25, -0.2) is 0 Å². The van der Waals surface area contributed by atoms with E-state index in [-0.39, 0.29) is 15.3 Å². The first kappa shape index (κ1) is 9.61. The molecule has 5 heteroatoms. The van der Waals surface area contributed by atoms with Gasteiger partial charge in [0.25, 0.3) is 0 Å². The van der Waals surface area contributed by atoms with Crippen molar-refractivity contribution in [1.82, 2.24) is 0 Å². The van der Waals surface area contributed by atoms with Gasteiger partial charge in [0.1, 0.15) is 0 Å². The van der Waals surface area contributed by atoms with E-state index in [1.54, 1.807) is 6.07 Å². The zero-order valence-electron chi connectivity index (χ0n) is 7.73. The Hall–Kier alpha value is -0.940. The summed E-state index contributed by atoms with van der Waals surface area (Å²) in [5.41, 5.74) is 5.92. The van der Waals surface area contributed by atoms with Crippen LogP contribution in [0.1, 0.15) is 17.7 Å². The average molecular weight is 212 g/mol. The van der Waals surface area contributed by atoms with Crippen molar-refractivity contribution >= 4 is 16.3 Å². The van der Waals surface area contributed by atoms with Gasteiger partial charge in [-0.05, 0) is 37.3 Å². The highest BCUT2D eigenvalue weighted by Crippen LogP contribution is 2.48. The second kappa shape index (κ2) is 3.33. The Labute approximate surface area is 85.9 Å². The van der Waals surface area contributed by atoms with Crippen molar-refractivity contribution in [2.24, 2.45) is 11.1 Å². The predicted molar refractivity (Wildman–Crippen MR) is 55.4 cm³/mol. The van der Waals surface area contributed by atoms with Crippen molar-refractivity contribution in [3.05, 3.63) is 27.1 Å². The smallest absolute Gasteiger partial charge is 0.324 e. The highest BCUT2D eigenvalue weighted by Gasteiger charge is 2.41. The average Bonchev–Trinajstić information content (AvgIpc) is 2.75. The van der Waals surface area contributed by atoms with Gasteiger partial charge >= 0.3 is 5.00 Å². The summed E-state index contributed by atoms with van der Waals surface area (Å²) < 4.78 is 0. The molecule has 1 heterocycles. The molecule has 76 valence electrons. The van der Waals surface area contributed by atoms with Gasteiger partial charge in [0.15, 0.2) is 0 Å². The molecule has 0 saturated heterocycles. The molecule has 1 aliphatic rings. The quantitative estimate of drug-likeness (QED) is 0.612. The molecule has 0 aromatic carbocycles. The molecule has 1 aromatic heterocycles. The fraction of sp³-hybridized carbons (Fsp3) is 0.556. The molecule has 0 bridgehead atoms. The van der Waals surface area contributed by atoms with E-state index < -0.39 is 0 Å². The first-order chi connectivity index (χ1) is 6.65. The van der Waals surface area contributed by atoms with E-state index in [2.05, 4.69) is 0 Å². The van der Waals surface area contributed by atoms with E-state index in [0.29, 0.717) is 6.54 Å². The summed E-state index contributed by atoms with van der Waals surface area (Å²) in [6, 6.07) is 3.42. The van der Waals surface area contributed by atoms with Crippen LogP contribution in [-0.4, -0.2) is 11.5 Å². The van der Waals surface area contributed by atoms with Crippen LogP contribution in [0.3, 0.4) is 0 Å². The first-order valence-electron chi connectivity index (χ1n) is 4.58. The van der Waals surface area contributed by atoms with Crippen LogP contribution in [0.25, 0.3) is 0 Å². The molecule has 0 amide bonds. The van der Waals surface area contributed by atoms with Crippen molar-refractivity contribution in [3.63, 3.8) is 0 Å². The van der Waals surface area contributed by atoms with Crippen LogP contribution in [0, 0.1) is 15.5 Å². The van der Waals surface area contributed by atoms with Crippen LogP contribution in [0.15, 0.2) is 12.1 Å². The fourth-order valence-corrected chi connectivity index (χ4v) is 2.55. The van der Waals surface area contributed by atoms with E-state index in [1.165, 1.54) is 11.3 Å². The summed E-state index contributed by atoms with van der Waals surface area (Å²) in [6.07, 6.45) is 3.23. The van der Waals surface area contributed by atoms with Gasteiger partial charge in [0, 0.05) is 10.9 Å². The molecular formula is C9H12N2O2S. The molecule has 2 rings (SSSR count). The highest BCUT2D eigenvalue weighted by atomic mass is 32.1. The molecule has 0 unspecified atom stereocenters. The number of hydrogen-bond donors (Lipinski definition) is 1. The van der Waals surface area contributed by atoms with E-state index in [1.807, 2.05) is 6.07 Å². The minimum absolute atomic E-state index is 0.229. The predicted octanol–water partition coefficient (Wildman–Crippen LogP) is 1.94. The summed E-state index contributed by atoms with van der Waals surface area (Å²) in [5, 5.41) is 10.7.